The molecule has 1 aliphatic carbocycles. The van der Waals surface area contributed by atoms with E-state index in [9.17, 15) is 0 Å². The second-order valence-corrected chi connectivity index (χ2v) is 14.7. The quantitative estimate of drug-likeness (QED) is 0.177. The summed E-state index contributed by atoms with van der Waals surface area (Å²) in [6.45, 7) is 0. The van der Waals surface area contributed by atoms with Gasteiger partial charge in [-0.3, -0.25) is 0 Å². The topological polar surface area (TPSA) is 43.6 Å². The van der Waals surface area contributed by atoms with Crippen LogP contribution in [0.15, 0.2) is 194 Å². The first-order chi connectivity index (χ1) is 28.3. The molecule has 4 nitrogen and oxygen atoms in total. The van der Waals surface area contributed by atoms with Crippen LogP contribution in [0.4, 0.5) is 0 Å². The Morgan fingerprint density at radius 3 is 1.67 bits per heavy atom. The molecule has 264 valence electrons. The molecule has 0 amide bonds. The number of rotatable bonds is 5. The van der Waals surface area contributed by atoms with Gasteiger partial charge in [-0.25, -0.2) is 15.0 Å². The smallest absolute Gasteiger partial charge is 0.166 e. The van der Waals surface area contributed by atoms with E-state index in [0.29, 0.717) is 17.5 Å². The maximum atomic E-state index is 5.40. The van der Waals surface area contributed by atoms with Crippen molar-refractivity contribution in [1.82, 2.24) is 19.5 Å². The molecular formula is C53H32N4. The van der Waals surface area contributed by atoms with Gasteiger partial charge in [0.1, 0.15) is 0 Å². The zero-order valence-electron chi connectivity index (χ0n) is 30.8. The van der Waals surface area contributed by atoms with Gasteiger partial charge in [0, 0.05) is 21.9 Å². The second kappa shape index (κ2) is 12.4. The Bertz CT molecular complexity index is 3400. The summed E-state index contributed by atoms with van der Waals surface area (Å²) in [6, 6.07) is 69.1. The van der Waals surface area contributed by atoms with Crippen LogP contribution in [-0.2, 0) is 0 Å². The maximum Gasteiger partial charge on any atom is 0.166 e. The molecule has 4 heteroatoms. The van der Waals surface area contributed by atoms with E-state index < -0.39 is 0 Å². The predicted molar refractivity (Wildman–Crippen MR) is 235 cm³/mol. The number of hydrogen-bond donors (Lipinski definition) is 0. The minimum absolute atomic E-state index is 0.626. The van der Waals surface area contributed by atoms with E-state index in [2.05, 4.69) is 174 Å². The summed E-state index contributed by atoms with van der Waals surface area (Å²) < 4.78 is 2.45. The minimum atomic E-state index is 0.626. The highest BCUT2D eigenvalue weighted by molar-refractivity contribution is 6.30. The standard InChI is InChI=1S/C53H32N4/c1-3-14-33(15-4-1)37-20-11-21-38(32-37)52-54-51(36-17-5-2-6-18-36)55-53(56-52)49-39-22-8-7-16-34(39)28-30-45(49)57-44-27-13-26-43-41-24-10-9-23-40(41)42-25-12-19-35-29-31-46(57)50(47(35)42)48(43)44/h1-32H. The van der Waals surface area contributed by atoms with Crippen LogP contribution < -0.4 is 0 Å². The van der Waals surface area contributed by atoms with Crippen LogP contribution in [0.25, 0.3) is 117 Å². The van der Waals surface area contributed by atoms with Gasteiger partial charge in [-0.15, -0.1) is 0 Å². The number of aromatic nitrogens is 4. The monoisotopic (exact) mass is 724 g/mol. The van der Waals surface area contributed by atoms with Crippen molar-refractivity contribution in [2.45, 2.75) is 0 Å². The van der Waals surface area contributed by atoms with Gasteiger partial charge in [0.2, 0.25) is 0 Å². The lowest BCUT2D eigenvalue weighted by molar-refractivity contribution is 1.07. The first-order valence-corrected chi connectivity index (χ1v) is 19.4. The summed E-state index contributed by atoms with van der Waals surface area (Å²) in [7, 11) is 0. The Morgan fingerprint density at radius 2 is 0.860 bits per heavy atom. The molecule has 9 aromatic carbocycles. The number of hydrogen-bond acceptors (Lipinski definition) is 3. The van der Waals surface area contributed by atoms with Gasteiger partial charge in [-0.2, -0.15) is 0 Å². The molecule has 0 unspecified atom stereocenters. The largest absolute Gasteiger partial charge is 0.308 e. The van der Waals surface area contributed by atoms with Crippen LogP contribution in [0.1, 0.15) is 0 Å². The molecule has 0 bridgehead atoms. The number of nitrogens with zero attached hydrogens (tertiary/aromatic N) is 4. The van der Waals surface area contributed by atoms with Gasteiger partial charge in [0.05, 0.1) is 22.3 Å². The van der Waals surface area contributed by atoms with Crippen LogP contribution >= 0.6 is 0 Å². The van der Waals surface area contributed by atoms with Crippen molar-refractivity contribution in [3.05, 3.63) is 194 Å². The van der Waals surface area contributed by atoms with E-state index >= 15 is 0 Å². The maximum absolute atomic E-state index is 5.40. The molecule has 0 fully saturated rings. The Hall–Kier alpha value is -7.69. The molecule has 1 aliphatic rings. The van der Waals surface area contributed by atoms with Crippen molar-refractivity contribution in [3.63, 3.8) is 0 Å². The molecule has 0 N–H and O–H groups in total. The third-order valence-electron chi connectivity index (χ3n) is 11.6. The number of benzene rings is 9. The van der Waals surface area contributed by atoms with Crippen LogP contribution in [0, 0.1) is 0 Å². The first kappa shape index (κ1) is 31.6. The SMILES string of the molecule is c1ccc(-c2cccc(-c3nc(-c4ccccc4)nc(-c4c(-n5c6cccc7c6c6c8c(cccc8ccc65)-c5ccccc5-7)ccc5ccccc45)n3)c2)cc1. The molecular weight excluding hydrogens is 693 g/mol. The van der Waals surface area contributed by atoms with Gasteiger partial charge in [0.15, 0.2) is 17.5 Å². The summed E-state index contributed by atoms with van der Waals surface area (Å²) in [5.41, 5.74) is 13.4. The van der Waals surface area contributed by atoms with E-state index in [0.717, 1.165) is 55.3 Å². The Kier molecular flexibility index (Phi) is 6.89. The third-order valence-corrected chi connectivity index (χ3v) is 11.6. The lowest BCUT2D eigenvalue weighted by Crippen LogP contribution is -2.04. The Morgan fingerprint density at radius 1 is 0.316 bits per heavy atom. The fraction of sp³-hybridized carbons (Fsp3) is 0. The highest BCUT2D eigenvalue weighted by atomic mass is 15.1. The van der Waals surface area contributed by atoms with E-state index in [1.165, 1.54) is 43.8 Å². The predicted octanol–water partition coefficient (Wildman–Crippen LogP) is 13.6. The van der Waals surface area contributed by atoms with Crippen molar-refractivity contribution in [3.8, 4) is 73.2 Å². The highest BCUT2D eigenvalue weighted by Crippen LogP contribution is 2.50. The van der Waals surface area contributed by atoms with E-state index in [4.69, 9.17) is 15.0 Å². The molecule has 0 atom stereocenters. The van der Waals surface area contributed by atoms with Crippen molar-refractivity contribution in [2.24, 2.45) is 0 Å². The Labute approximate surface area is 329 Å². The van der Waals surface area contributed by atoms with Crippen LogP contribution in [-0.4, -0.2) is 19.5 Å². The lowest BCUT2D eigenvalue weighted by Gasteiger charge is -2.18. The molecule has 2 aromatic heterocycles. The van der Waals surface area contributed by atoms with Gasteiger partial charge >= 0.3 is 0 Å². The summed E-state index contributed by atoms with van der Waals surface area (Å²) in [5.74, 6) is 1.88. The average Bonchev–Trinajstić information content (AvgIpc) is 3.57. The zero-order valence-corrected chi connectivity index (χ0v) is 30.8. The molecule has 11 aromatic rings. The summed E-state index contributed by atoms with van der Waals surface area (Å²) >= 11 is 0. The van der Waals surface area contributed by atoms with Gasteiger partial charge in [-0.1, -0.05) is 170 Å². The highest BCUT2D eigenvalue weighted by Gasteiger charge is 2.27. The van der Waals surface area contributed by atoms with Crippen molar-refractivity contribution in [2.75, 3.05) is 0 Å². The first-order valence-electron chi connectivity index (χ1n) is 19.4. The van der Waals surface area contributed by atoms with Crippen LogP contribution in [0.5, 0.6) is 0 Å². The van der Waals surface area contributed by atoms with Gasteiger partial charge in [0.25, 0.3) is 0 Å². The molecule has 0 saturated heterocycles. The van der Waals surface area contributed by atoms with Crippen LogP contribution in [0.2, 0.25) is 0 Å². The van der Waals surface area contributed by atoms with Crippen molar-refractivity contribution >= 4 is 43.4 Å². The van der Waals surface area contributed by atoms with E-state index in [1.54, 1.807) is 0 Å². The number of fused-ring (bicyclic) bond motifs is 4. The summed E-state index contributed by atoms with van der Waals surface area (Å²) in [4.78, 5) is 15.9. The average molecular weight is 725 g/mol. The molecule has 57 heavy (non-hydrogen) atoms. The molecule has 0 spiro atoms. The second-order valence-electron chi connectivity index (χ2n) is 14.7. The molecule has 0 radical (unpaired) electrons. The molecule has 2 heterocycles. The summed E-state index contributed by atoms with van der Waals surface area (Å²) in [5, 5.41) is 7.24. The minimum Gasteiger partial charge on any atom is -0.308 e. The van der Waals surface area contributed by atoms with Crippen LogP contribution in [0.3, 0.4) is 0 Å². The lowest BCUT2D eigenvalue weighted by atomic mass is 9.93. The van der Waals surface area contributed by atoms with Crippen molar-refractivity contribution in [1.29, 1.82) is 0 Å². The molecule has 0 aliphatic heterocycles. The Balaban J connectivity index is 1.19. The summed E-state index contributed by atoms with van der Waals surface area (Å²) in [6.07, 6.45) is 0. The van der Waals surface area contributed by atoms with Gasteiger partial charge in [-0.05, 0) is 79.2 Å². The normalized spacial score (nSPS) is 11.9. The fourth-order valence-electron chi connectivity index (χ4n) is 9.07. The third kappa shape index (κ3) is 4.84. The van der Waals surface area contributed by atoms with E-state index in [-0.39, 0.29) is 0 Å². The van der Waals surface area contributed by atoms with E-state index in [1.807, 2.05) is 24.3 Å². The van der Waals surface area contributed by atoms with Gasteiger partial charge < -0.3 is 4.57 Å². The zero-order chi connectivity index (χ0) is 37.5. The fourth-order valence-corrected chi connectivity index (χ4v) is 9.07. The molecule has 0 saturated carbocycles. The van der Waals surface area contributed by atoms with Crippen molar-refractivity contribution < 1.29 is 0 Å². The molecule has 12 rings (SSSR count).